The van der Waals surface area contributed by atoms with Crippen LogP contribution in [0.1, 0.15) is 0 Å². The van der Waals surface area contributed by atoms with Crippen molar-refractivity contribution in [3.63, 3.8) is 0 Å². The molecule has 0 unspecified atom stereocenters. The fourth-order valence-electron chi connectivity index (χ4n) is 0.536. The van der Waals surface area contributed by atoms with Crippen molar-refractivity contribution in [3.05, 3.63) is 5.53 Å². The minimum Gasteiger partial charge on any atom is -0.361 e. The summed E-state index contributed by atoms with van der Waals surface area (Å²) in [4.78, 5) is 23.3. The number of nitrogens with one attached hydrogen (secondary N) is 1. The zero-order chi connectivity index (χ0) is 6.85. The number of nitrogens with zero attached hydrogens (tertiary/aromatic N) is 2. The number of hydrogen-bond donors (Lipinski definition) is 1. The molecular weight excluding hydrogens is 122 g/mol. The molecular formula is C4H3N3O2. The number of carbonyl (C=O) groups is 2. The van der Waals surface area contributed by atoms with Gasteiger partial charge in [0.15, 0.2) is 0 Å². The van der Waals surface area contributed by atoms with Gasteiger partial charge in [0, 0.05) is 0 Å². The predicted molar refractivity (Wildman–Crippen MR) is 26.6 cm³/mol. The van der Waals surface area contributed by atoms with Gasteiger partial charge in [-0.25, -0.2) is 0 Å². The third-order valence-corrected chi connectivity index (χ3v) is 1.01. The fraction of sp³-hybridized carbons (Fsp3) is 0.250. The largest absolute Gasteiger partial charge is 0.363 e. The van der Waals surface area contributed by atoms with Crippen molar-refractivity contribution >= 4 is 17.4 Å². The van der Waals surface area contributed by atoms with Crippen LogP contribution in [0.2, 0.25) is 0 Å². The average Bonchev–Trinajstić information content (AvgIpc) is 2.15. The number of hydrogen-bond acceptors (Lipinski definition) is 2. The third kappa shape index (κ3) is 0.729. The predicted octanol–water partition coefficient (Wildman–Crippen LogP) is -1.64. The lowest BCUT2D eigenvalue weighted by atomic mass is 10.3. The second-order valence-corrected chi connectivity index (χ2v) is 1.56. The van der Waals surface area contributed by atoms with Crippen molar-refractivity contribution in [3.8, 4) is 0 Å². The smallest absolute Gasteiger partial charge is 0.361 e. The average molecular weight is 125 g/mol. The van der Waals surface area contributed by atoms with E-state index in [4.69, 9.17) is 5.53 Å². The molecule has 0 aromatic rings. The highest BCUT2D eigenvalue weighted by Gasteiger charge is 2.34. The molecule has 0 aliphatic carbocycles. The Bertz CT molecular complexity index is 226. The molecule has 46 valence electrons. The second kappa shape index (κ2) is 1.80. The van der Waals surface area contributed by atoms with Gasteiger partial charge in [-0.15, -0.1) is 0 Å². The van der Waals surface area contributed by atoms with E-state index in [1.54, 1.807) is 0 Å². The standard InChI is InChI=1S/C4H3N3O2/c5-7-2-1-6-4(9)3(2)8/h1H2,(H,6,9). The molecule has 0 aromatic carbocycles. The molecule has 1 heterocycles. The lowest BCUT2D eigenvalue weighted by Gasteiger charge is -1.75. The van der Waals surface area contributed by atoms with Gasteiger partial charge in [0.1, 0.15) is 6.54 Å². The Labute approximate surface area is 50.3 Å². The number of carbonyl (C=O) groups excluding carboxylic acids is 2. The van der Waals surface area contributed by atoms with E-state index in [2.05, 4.69) is 10.1 Å². The molecule has 1 saturated heterocycles. The van der Waals surface area contributed by atoms with Crippen LogP contribution in [0.4, 0.5) is 0 Å². The van der Waals surface area contributed by atoms with Crippen LogP contribution in [0.3, 0.4) is 0 Å². The van der Waals surface area contributed by atoms with E-state index in [0.29, 0.717) is 0 Å². The van der Waals surface area contributed by atoms with Crippen molar-refractivity contribution in [1.29, 1.82) is 0 Å². The highest BCUT2D eigenvalue weighted by molar-refractivity contribution is 6.67. The summed E-state index contributed by atoms with van der Waals surface area (Å²) in [5, 5.41) is 2.19. The fourth-order valence-corrected chi connectivity index (χ4v) is 0.536. The summed E-state index contributed by atoms with van der Waals surface area (Å²) in [5.74, 6) is -1.46. The van der Waals surface area contributed by atoms with Crippen molar-refractivity contribution in [1.82, 2.24) is 5.32 Å². The summed E-state index contributed by atoms with van der Waals surface area (Å²) in [5.41, 5.74) is 7.90. The van der Waals surface area contributed by atoms with Gasteiger partial charge in [-0.1, -0.05) is 0 Å². The Hall–Kier alpha value is -1.48. The topological polar surface area (TPSA) is 82.6 Å². The third-order valence-electron chi connectivity index (χ3n) is 1.01. The lowest BCUT2D eigenvalue weighted by molar-refractivity contribution is -0.134. The van der Waals surface area contributed by atoms with E-state index >= 15 is 0 Å². The van der Waals surface area contributed by atoms with Crippen LogP contribution in [0.5, 0.6) is 0 Å². The van der Waals surface area contributed by atoms with Crippen molar-refractivity contribution in [2.24, 2.45) is 0 Å². The molecule has 0 bridgehead atoms. The first-order valence-electron chi connectivity index (χ1n) is 2.29. The Morgan fingerprint density at radius 3 is 2.44 bits per heavy atom. The van der Waals surface area contributed by atoms with Crippen LogP contribution in [-0.4, -0.2) is 28.7 Å². The van der Waals surface area contributed by atoms with Crippen LogP contribution in [-0.2, 0) is 9.59 Å². The van der Waals surface area contributed by atoms with Gasteiger partial charge in [0.05, 0.1) is 0 Å². The maximum atomic E-state index is 10.4. The van der Waals surface area contributed by atoms with Crippen LogP contribution in [0.15, 0.2) is 0 Å². The van der Waals surface area contributed by atoms with E-state index in [1.807, 2.05) is 0 Å². The van der Waals surface area contributed by atoms with Gasteiger partial charge < -0.3 is 10.8 Å². The molecule has 1 fully saturated rings. The van der Waals surface area contributed by atoms with Gasteiger partial charge >= 0.3 is 11.5 Å². The molecule has 5 heteroatoms. The molecule has 1 amide bonds. The van der Waals surface area contributed by atoms with Gasteiger partial charge in [-0.3, -0.25) is 9.59 Å². The van der Waals surface area contributed by atoms with E-state index in [0.717, 1.165) is 0 Å². The van der Waals surface area contributed by atoms with Gasteiger partial charge in [0.25, 0.3) is 5.91 Å². The molecule has 1 rings (SSSR count). The highest BCUT2D eigenvalue weighted by Crippen LogP contribution is 1.84. The Morgan fingerprint density at radius 1 is 1.56 bits per heavy atom. The van der Waals surface area contributed by atoms with Gasteiger partial charge in [-0.2, -0.15) is 4.79 Å². The van der Waals surface area contributed by atoms with E-state index in [1.165, 1.54) is 0 Å². The normalized spacial score (nSPS) is 17.6. The first-order chi connectivity index (χ1) is 4.25. The van der Waals surface area contributed by atoms with Crippen LogP contribution in [0.25, 0.3) is 5.53 Å². The minimum absolute atomic E-state index is 0.0359. The summed E-state index contributed by atoms with van der Waals surface area (Å²) in [6, 6.07) is 0. The van der Waals surface area contributed by atoms with Gasteiger partial charge in [0.2, 0.25) is 0 Å². The van der Waals surface area contributed by atoms with E-state index in [9.17, 15) is 9.59 Å². The van der Waals surface area contributed by atoms with Crippen molar-refractivity contribution in [2.75, 3.05) is 6.54 Å². The summed E-state index contributed by atoms with van der Waals surface area (Å²) in [6.07, 6.45) is 0. The zero-order valence-electron chi connectivity index (χ0n) is 4.42. The number of Topliss-reactive ketones (excluding diaryl/α,β-unsaturated/α-hetero) is 1. The molecule has 1 aliphatic rings. The molecule has 0 saturated carbocycles. The first-order valence-corrected chi connectivity index (χ1v) is 2.29. The van der Waals surface area contributed by atoms with Crippen molar-refractivity contribution in [2.45, 2.75) is 0 Å². The Kier molecular flexibility index (Phi) is 1.13. The maximum absolute atomic E-state index is 10.4. The quantitative estimate of drug-likeness (QED) is 0.239. The summed E-state index contributed by atoms with van der Waals surface area (Å²) in [6.45, 7) is 0.0359. The van der Waals surface area contributed by atoms with Crippen LogP contribution < -0.4 is 5.32 Å². The SMILES string of the molecule is [N-]=[N+]=C1CNC(=O)C1=O. The van der Waals surface area contributed by atoms with Gasteiger partial charge in [-0.05, 0) is 0 Å². The van der Waals surface area contributed by atoms with Crippen molar-refractivity contribution < 1.29 is 14.4 Å². The molecule has 1 N–H and O–H groups in total. The monoisotopic (exact) mass is 125 g/mol. The summed E-state index contributed by atoms with van der Waals surface area (Å²) in [7, 11) is 0. The molecule has 0 spiro atoms. The van der Waals surface area contributed by atoms with Crippen LogP contribution in [0, 0.1) is 0 Å². The highest BCUT2D eigenvalue weighted by atomic mass is 16.2. The van der Waals surface area contributed by atoms with Crippen LogP contribution >= 0.6 is 0 Å². The summed E-state index contributed by atoms with van der Waals surface area (Å²) >= 11 is 0. The molecule has 0 aromatic heterocycles. The maximum Gasteiger partial charge on any atom is 0.363 e. The first kappa shape index (κ1) is 5.65. The summed E-state index contributed by atoms with van der Waals surface area (Å²) < 4.78 is 0. The second-order valence-electron chi connectivity index (χ2n) is 1.56. The molecule has 9 heavy (non-hydrogen) atoms. The number of rotatable bonds is 0. The number of amides is 1. The van der Waals surface area contributed by atoms with E-state index < -0.39 is 11.7 Å². The molecule has 1 aliphatic heterocycles. The molecule has 0 radical (unpaired) electrons. The number of ketones is 1. The Morgan fingerprint density at radius 2 is 2.22 bits per heavy atom. The lowest BCUT2D eigenvalue weighted by Crippen LogP contribution is -2.18. The van der Waals surface area contributed by atoms with E-state index in [-0.39, 0.29) is 12.3 Å². The molecule has 5 nitrogen and oxygen atoms in total. The Balaban J connectivity index is 2.99. The molecule has 0 atom stereocenters. The minimum atomic E-state index is -0.752. The zero-order valence-corrected chi connectivity index (χ0v) is 4.42.